The third-order valence-corrected chi connectivity index (χ3v) is 0. The summed E-state index contributed by atoms with van der Waals surface area (Å²) in [6.07, 6.45) is 0. The quantitative estimate of drug-likeness (QED) is 0.461. The molecule has 5 heavy (non-hydrogen) atoms. The predicted molar refractivity (Wildman–Crippen MR) is 36.4 cm³/mol. The van der Waals surface area contributed by atoms with Gasteiger partial charge in [0.2, 0.25) is 0 Å². The molecule has 0 amide bonds. The SMILES string of the molecule is N.[InH3].[KH].[KH].[KH]. The molecule has 0 aromatic heterocycles. The zero-order valence-corrected chi connectivity index (χ0v) is 0.707. The van der Waals surface area contributed by atoms with Gasteiger partial charge in [0, 0.05) is 0 Å². The van der Waals surface area contributed by atoms with Crippen LogP contribution >= 0.6 is 0 Å². The first-order valence-corrected chi connectivity index (χ1v) is 0. The average molecular weight is 255 g/mol. The van der Waals surface area contributed by atoms with E-state index in [4.69, 9.17) is 0 Å². The van der Waals surface area contributed by atoms with Gasteiger partial charge in [0.1, 0.15) is 0 Å². The van der Waals surface area contributed by atoms with Gasteiger partial charge in [-0.05, 0) is 0 Å². The second-order valence-corrected chi connectivity index (χ2v) is 0. The van der Waals surface area contributed by atoms with Crippen molar-refractivity contribution in [2.45, 2.75) is 0 Å². The molecule has 0 aliphatic rings. The van der Waals surface area contributed by atoms with Crippen LogP contribution in [0, 0.1) is 0 Å². The van der Waals surface area contributed by atoms with Crippen molar-refractivity contribution in [1.29, 1.82) is 0 Å². The van der Waals surface area contributed by atoms with Crippen LogP contribution in [0.4, 0.5) is 0 Å². The van der Waals surface area contributed by atoms with Crippen LogP contribution in [0.2, 0.25) is 0 Å². The van der Waals surface area contributed by atoms with Crippen molar-refractivity contribution in [3.63, 3.8) is 0 Å². The Bertz CT molecular complexity index is 6.85. The summed E-state index contributed by atoms with van der Waals surface area (Å²) in [5, 5.41) is 0. The van der Waals surface area contributed by atoms with E-state index in [1.165, 1.54) is 0 Å². The number of hydrogen-bond donors (Lipinski definition) is 1. The first kappa shape index (κ1) is 30.9. The van der Waals surface area contributed by atoms with E-state index >= 15 is 0 Å². The fraction of sp³-hybridized carbons (Fsp3) is 0. The van der Waals surface area contributed by atoms with Gasteiger partial charge in [-0.2, -0.15) is 0 Å². The molecule has 0 spiro atoms. The topological polar surface area (TPSA) is 35.0 Å². The first-order chi connectivity index (χ1) is 0. The van der Waals surface area contributed by atoms with Gasteiger partial charge >= 0.3 is 180 Å². The summed E-state index contributed by atoms with van der Waals surface area (Å²) in [7, 11) is 0. The second-order valence-electron chi connectivity index (χ2n) is 0. The third-order valence-electron chi connectivity index (χ3n) is 0. The third kappa shape index (κ3) is 17.7. The van der Waals surface area contributed by atoms with Crippen LogP contribution < -0.4 is 6.15 Å². The van der Waals surface area contributed by atoms with E-state index in [1.54, 1.807) is 0 Å². The van der Waals surface area contributed by atoms with Gasteiger partial charge in [0.15, 0.2) is 0 Å². The molecule has 0 radical (unpaired) electrons. The summed E-state index contributed by atoms with van der Waals surface area (Å²) in [6.45, 7) is 0. The molecule has 0 fully saturated rings. The van der Waals surface area contributed by atoms with Crippen molar-refractivity contribution in [3.8, 4) is 0 Å². The predicted octanol–water partition coefficient (Wildman–Crippen LogP) is -2.97. The first-order valence-electron chi connectivity index (χ1n) is 0. The van der Waals surface area contributed by atoms with E-state index in [9.17, 15) is 0 Å². The van der Waals surface area contributed by atoms with Crippen LogP contribution in [-0.2, 0) is 0 Å². The molecular weight excluding hydrogens is 246 g/mol. The van der Waals surface area contributed by atoms with Gasteiger partial charge < -0.3 is 6.15 Å². The van der Waals surface area contributed by atoms with Crippen molar-refractivity contribution < 1.29 is 0 Å². The zero-order valence-electron chi connectivity index (χ0n) is 0.707. The standard InChI is InChI=1S/In.3K.H3N.6H/h;;;;1H3;;;;;;. The Kier molecular flexibility index (Phi) is 140. The van der Waals surface area contributed by atoms with Crippen LogP contribution in [0.1, 0.15) is 0 Å². The van der Waals surface area contributed by atoms with E-state index in [0.717, 1.165) is 0 Å². The van der Waals surface area contributed by atoms with Gasteiger partial charge in [-0.25, -0.2) is 0 Å². The van der Waals surface area contributed by atoms with Crippen LogP contribution in [0.3, 0.4) is 0 Å². The fourth-order valence-electron chi connectivity index (χ4n) is 0. The van der Waals surface area contributed by atoms with E-state index in [-0.39, 0.29) is 186 Å². The second kappa shape index (κ2) is 22.6. The maximum atomic E-state index is 0. The zero-order chi connectivity index (χ0) is 0. The molecule has 0 saturated heterocycles. The number of rotatable bonds is 0. The summed E-state index contributed by atoms with van der Waals surface area (Å²) < 4.78 is 0. The molecule has 3 N–H and O–H groups in total. The fourth-order valence-corrected chi connectivity index (χ4v) is 0. The van der Waals surface area contributed by atoms with E-state index in [2.05, 4.69) is 0 Å². The molecule has 0 rings (SSSR count). The van der Waals surface area contributed by atoms with Crippen molar-refractivity contribution in [3.05, 3.63) is 0 Å². The minimum absolute atomic E-state index is 0. The maximum absolute atomic E-state index is 0. The molecule has 0 heterocycles. The molecule has 20 valence electrons. The van der Waals surface area contributed by atoms with Crippen molar-refractivity contribution >= 4 is 180 Å². The molecule has 0 aromatic carbocycles. The monoisotopic (exact) mass is 255 g/mol. The summed E-state index contributed by atoms with van der Waals surface area (Å²) in [6, 6.07) is 0. The Morgan fingerprint density at radius 2 is 0.600 bits per heavy atom. The Morgan fingerprint density at radius 3 is 0.600 bits per heavy atom. The van der Waals surface area contributed by atoms with Crippen LogP contribution in [0.15, 0.2) is 0 Å². The Hall–Kier alpha value is 5.74. The molecule has 5 heteroatoms. The van der Waals surface area contributed by atoms with Gasteiger partial charge in [0.25, 0.3) is 0 Å². The summed E-state index contributed by atoms with van der Waals surface area (Å²) >= 11 is 0. The van der Waals surface area contributed by atoms with Gasteiger partial charge in [0.05, 0.1) is 0 Å². The molecule has 1 nitrogen and oxygen atoms in total. The van der Waals surface area contributed by atoms with Gasteiger partial charge in [-0.1, -0.05) is 0 Å². The van der Waals surface area contributed by atoms with Gasteiger partial charge in [-0.3, -0.25) is 0 Å². The molecule has 0 bridgehead atoms. The summed E-state index contributed by atoms with van der Waals surface area (Å²) in [5.41, 5.74) is 0. The Labute approximate surface area is 179 Å². The summed E-state index contributed by atoms with van der Waals surface area (Å²) in [5.74, 6) is 0. The summed E-state index contributed by atoms with van der Waals surface area (Å²) in [4.78, 5) is 0. The van der Waals surface area contributed by atoms with E-state index in [1.807, 2.05) is 0 Å². The van der Waals surface area contributed by atoms with E-state index < -0.39 is 0 Å². The average Bonchev–Trinajstić information content (AvgIpc) is 0. The van der Waals surface area contributed by atoms with Crippen LogP contribution in [-0.4, -0.2) is 180 Å². The molecule has 0 aliphatic heterocycles. The Balaban J connectivity index is 0. The Morgan fingerprint density at radius 1 is 0.600 bits per heavy atom. The van der Waals surface area contributed by atoms with Crippen LogP contribution in [0.25, 0.3) is 0 Å². The molecular formula is H9InK3N. The molecule has 0 atom stereocenters. The normalized spacial score (nSPS) is 0. The minimum atomic E-state index is 0. The van der Waals surface area contributed by atoms with Crippen molar-refractivity contribution in [1.82, 2.24) is 6.15 Å². The molecule has 0 aliphatic carbocycles. The van der Waals surface area contributed by atoms with Crippen molar-refractivity contribution in [2.24, 2.45) is 0 Å². The molecule has 0 unspecified atom stereocenters. The number of hydrogen-bond acceptors (Lipinski definition) is 1. The van der Waals surface area contributed by atoms with Crippen molar-refractivity contribution in [2.75, 3.05) is 0 Å². The molecule has 0 saturated carbocycles. The molecule has 0 aromatic rings. The van der Waals surface area contributed by atoms with E-state index in [0.29, 0.717) is 0 Å². The van der Waals surface area contributed by atoms with Gasteiger partial charge in [-0.15, -0.1) is 0 Å². The van der Waals surface area contributed by atoms with Crippen LogP contribution in [0.5, 0.6) is 0 Å².